The first-order valence-electron chi connectivity index (χ1n) is 3.11. The van der Waals surface area contributed by atoms with E-state index in [0.29, 0.717) is 0 Å². The monoisotopic (exact) mass is 350 g/mol. The van der Waals surface area contributed by atoms with E-state index in [2.05, 4.69) is 0 Å². The van der Waals surface area contributed by atoms with Gasteiger partial charge < -0.3 is 34.8 Å². The van der Waals surface area contributed by atoms with Crippen molar-refractivity contribution in [2.75, 3.05) is 0 Å². The summed E-state index contributed by atoms with van der Waals surface area (Å²) in [7, 11) is 0. The quantitative estimate of drug-likeness (QED) is 0.486. The summed E-state index contributed by atoms with van der Waals surface area (Å²) < 4.78 is 0. The Kier molecular flexibility index (Phi) is 12.8. The van der Waals surface area contributed by atoms with Crippen LogP contribution < -0.4 is 44.9 Å². The molecule has 0 saturated carbocycles. The zero-order chi connectivity index (χ0) is 10.6. The van der Waals surface area contributed by atoms with Gasteiger partial charge in [-0.3, -0.25) is 0 Å². The molecular formula is C6H5BaNaO7. The fourth-order valence-corrected chi connectivity index (χ4v) is 0.684. The van der Waals surface area contributed by atoms with Gasteiger partial charge in [0.1, 0.15) is 5.60 Å². The average Bonchev–Trinajstić information content (AvgIpc) is 1.82. The Morgan fingerprint density at radius 2 is 1.27 bits per heavy atom. The molecule has 0 saturated heterocycles. The van der Waals surface area contributed by atoms with Crippen molar-refractivity contribution in [2.45, 2.75) is 18.4 Å². The maximum Gasteiger partial charge on any atom is 2.00 e. The molecule has 0 bridgehead atoms. The number of aliphatic carboxylic acids is 3. The van der Waals surface area contributed by atoms with Crippen LogP contribution in [-0.4, -0.2) is 77.5 Å². The third-order valence-corrected chi connectivity index (χ3v) is 1.25. The fraction of sp³-hybridized carbons (Fsp3) is 0.500. The summed E-state index contributed by atoms with van der Waals surface area (Å²) in [5.74, 6) is -5.98. The van der Waals surface area contributed by atoms with Crippen LogP contribution >= 0.6 is 0 Å². The van der Waals surface area contributed by atoms with Gasteiger partial charge in [0.25, 0.3) is 0 Å². The van der Waals surface area contributed by atoms with Crippen molar-refractivity contribution in [3.05, 3.63) is 0 Å². The summed E-state index contributed by atoms with van der Waals surface area (Å²) in [6.07, 6.45) is -2.72. The number of carboxylic acid groups (broad SMARTS) is 3. The van der Waals surface area contributed by atoms with Crippen molar-refractivity contribution >= 4 is 66.8 Å². The minimum atomic E-state index is -2.97. The molecule has 0 amide bonds. The van der Waals surface area contributed by atoms with Crippen molar-refractivity contribution in [3.8, 4) is 0 Å². The first-order valence-corrected chi connectivity index (χ1v) is 3.11. The van der Waals surface area contributed by atoms with E-state index in [0.717, 1.165) is 0 Å². The molecule has 0 atom stereocenters. The zero-order valence-corrected chi connectivity index (χ0v) is 14.5. The second-order valence-electron chi connectivity index (χ2n) is 2.42. The van der Waals surface area contributed by atoms with Crippen LogP contribution in [0.2, 0.25) is 0 Å². The van der Waals surface area contributed by atoms with Gasteiger partial charge in [0, 0.05) is 24.8 Å². The standard InChI is InChI=1S/C6H8O7.Ba.Na/c7-3(8)1-6(13,5(11)12)2-4(9)10;;/h13H,1-2H2,(H,7,8)(H,9,10)(H,11,12);;/q;+2;+1/p-3. The number of hydrogen-bond acceptors (Lipinski definition) is 7. The van der Waals surface area contributed by atoms with E-state index in [4.69, 9.17) is 5.11 Å². The molecular weight excluding hydrogens is 344 g/mol. The summed E-state index contributed by atoms with van der Waals surface area (Å²) in [4.78, 5) is 30.0. The van der Waals surface area contributed by atoms with E-state index in [1.165, 1.54) is 0 Å². The van der Waals surface area contributed by atoms with Crippen LogP contribution in [0.1, 0.15) is 12.8 Å². The van der Waals surface area contributed by atoms with Crippen molar-refractivity contribution in [2.24, 2.45) is 0 Å². The molecule has 74 valence electrons. The molecule has 0 aromatic heterocycles. The van der Waals surface area contributed by atoms with Gasteiger partial charge in [-0.25, -0.2) is 0 Å². The van der Waals surface area contributed by atoms with Crippen molar-refractivity contribution < 1.29 is 64.4 Å². The number of carbonyl (C=O) groups excluding carboxylic acids is 3. The molecule has 0 unspecified atom stereocenters. The van der Waals surface area contributed by atoms with Crippen molar-refractivity contribution in [1.82, 2.24) is 0 Å². The first-order chi connectivity index (χ1) is 5.78. The minimum absolute atomic E-state index is 0. The van der Waals surface area contributed by atoms with Crippen LogP contribution in [0.25, 0.3) is 0 Å². The molecule has 9 heteroatoms. The Morgan fingerprint density at radius 1 is 1.00 bits per heavy atom. The van der Waals surface area contributed by atoms with E-state index in [-0.39, 0.29) is 78.4 Å². The average molecular weight is 349 g/mol. The van der Waals surface area contributed by atoms with Gasteiger partial charge in [-0.2, -0.15) is 0 Å². The molecule has 1 N–H and O–H groups in total. The summed E-state index contributed by atoms with van der Waals surface area (Å²) >= 11 is 0. The predicted octanol–water partition coefficient (Wildman–Crippen LogP) is -8.63. The van der Waals surface area contributed by atoms with Gasteiger partial charge in [-0.1, -0.05) is 0 Å². The molecule has 15 heavy (non-hydrogen) atoms. The number of aliphatic hydroxyl groups is 1. The summed E-state index contributed by atoms with van der Waals surface area (Å²) in [6.45, 7) is 0. The van der Waals surface area contributed by atoms with E-state index in [1.54, 1.807) is 0 Å². The predicted molar refractivity (Wildman–Crippen MR) is 35.0 cm³/mol. The molecule has 0 radical (unpaired) electrons. The summed E-state index contributed by atoms with van der Waals surface area (Å²) in [6, 6.07) is 0. The Hall–Kier alpha value is 0.941. The van der Waals surface area contributed by atoms with Gasteiger partial charge in [0.15, 0.2) is 0 Å². The maximum absolute atomic E-state index is 10.1. The minimum Gasteiger partial charge on any atom is -0.550 e. The fourth-order valence-electron chi connectivity index (χ4n) is 0.684. The topological polar surface area (TPSA) is 141 Å². The molecule has 0 aromatic rings. The van der Waals surface area contributed by atoms with Gasteiger partial charge in [0.05, 0.1) is 5.97 Å². The Balaban J connectivity index is -0.000000720. The van der Waals surface area contributed by atoms with E-state index >= 15 is 0 Å². The SMILES string of the molecule is O=C([O-])CC(O)(CC(=O)[O-])C(=O)[O-].[Ba+2].[Na+]. The second-order valence-corrected chi connectivity index (χ2v) is 2.42. The number of rotatable bonds is 5. The first kappa shape index (κ1) is 21.2. The van der Waals surface area contributed by atoms with Crippen LogP contribution in [0, 0.1) is 0 Å². The van der Waals surface area contributed by atoms with E-state index < -0.39 is 36.4 Å². The summed E-state index contributed by atoms with van der Waals surface area (Å²) in [5.41, 5.74) is -2.97. The van der Waals surface area contributed by atoms with Crippen LogP contribution in [0.5, 0.6) is 0 Å². The molecule has 7 nitrogen and oxygen atoms in total. The van der Waals surface area contributed by atoms with Crippen LogP contribution in [0.4, 0.5) is 0 Å². The Labute approximate surface area is 147 Å². The van der Waals surface area contributed by atoms with Crippen LogP contribution in [0.3, 0.4) is 0 Å². The molecule has 0 heterocycles. The van der Waals surface area contributed by atoms with Gasteiger partial charge in [0.2, 0.25) is 0 Å². The number of carboxylic acids is 3. The molecule has 0 rings (SSSR count). The molecule has 0 aliphatic heterocycles. The van der Waals surface area contributed by atoms with E-state index in [1.807, 2.05) is 0 Å². The van der Waals surface area contributed by atoms with Gasteiger partial charge in [-0.15, -0.1) is 0 Å². The van der Waals surface area contributed by atoms with Crippen molar-refractivity contribution in [3.63, 3.8) is 0 Å². The molecule has 0 aliphatic carbocycles. The summed E-state index contributed by atoms with van der Waals surface area (Å²) in [5, 5.41) is 38.9. The van der Waals surface area contributed by atoms with Crippen LogP contribution in [-0.2, 0) is 14.4 Å². The second kappa shape index (κ2) is 9.02. The smallest absolute Gasteiger partial charge is 0.550 e. The van der Waals surface area contributed by atoms with Crippen LogP contribution in [0.15, 0.2) is 0 Å². The largest absolute Gasteiger partial charge is 2.00 e. The van der Waals surface area contributed by atoms with E-state index in [9.17, 15) is 29.7 Å². The molecule has 0 aromatic carbocycles. The third-order valence-electron chi connectivity index (χ3n) is 1.25. The number of hydrogen-bond donors (Lipinski definition) is 1. The molecule has 0 fully saturated rings. The van der Waals surface area contributed by atoms with Gasteiger partial charge in [-0.05, 0) is 0 Å². The number of carbonyl (C=O) groups is 3. The maximum atomic E-state index is 10.1. The Bertz CT molecular complexity index is 238. The van der Waals surface area contributed by atoms with Gasteiger partial charge >= 0.3 is 78.4 Å². The molecule has 0 spiro atoms. The molecule has 0 aliphatic rings. The zero-order valence-electron chi connectivity index (χ0n) is 8.02. The third kappa shape index (κ3) is 8.72. The Morgan fingerprint density at radius 3 is 1.40 bits per heavy atom. The van der Waals surface area contributed by atoms with Crippen molar-refractivity contribution in [1.29, 1.82) is 0 Å². The normalized spacial score (nSPS) is 9.40.